The second-order valence-electron chi connectivity index (χ2n) is 7.02. The fourth-order valence-electron chi connectivity index (χ4n) is 3.42. The minimum Gasteiger partial charge on any atom is -0.466 e. The molecule has 1 atom stereocenters. The van der Waals surface area contributed by atoms with E-state index in [1.165, 1.54) is 0 Å². The van der Waals surface area contributed by atoms with Crippen LogP contribution in [0.25, 0.3) is 0 Å². The molecule has 1 unspecified atom stereocenters. The minimum atomic E-state index is -0.421. The van der Waals surface area contributed by atoms with Crippen molar-refractivity contribution in [2.45, 2.75) is 46.0 Å². The summed E-state index contributed by atoms with van der Waals surface area (Å²) in [6, 6.07) is 5.84. The molecule has 0 radical (unpaired) electrons. The van der Waals surface area contributed by atoms with Gasteiger partial charge in [0.25, 0.3) is 0 Å². The molecule has 142 valence electrons. The number of carbonyl (C=O) groups excluding carboxylic acids is 2. The number of nitrogens with zero attached hydrogens (tertiary/aromatic N) is 1. The van der Waals surface area contributed by atoms with Crippen LogP contribution in [-0.2, 0) is 19.7 Å². The molecular formula is C20H25BrClNO3. The Morgan fingerprint density at radius 1 is 1.42 bits per heavy atom. The van der Waals surface area contributed by atoms with E-state index in [1.807, 2.05) is 24.4 Å². The SMILES string of the molecule is CCOC(=O)CCN1C=C(C(C)C)C(C)(c2ccc(Br)c(Cl)c2)CC1=O. The molecule has 0 saturated heterocycles. The zero-order valence-corrected chi connectivity index (χ0v) is 18.0. The van der Waals surface area contributed by atoms with Crippen molar-refractivity contribution < 1.29 is 14.3 Å². The Bertz CT molecular complexity index is 732. The van der Waals surface area contributed by atoms with Gasteiger partial charge in [-0.2, -0.15) is 0 Å². The lowest BCUT2D eigenvalue weighted by Gasteiger charge is -2.41. The predicted molar refractivity (Wildman–Crippen MR) is 107 cm³/mol. The monoisotopic (exact) mass is 441 g/mol. The van der Waals surface area contributed by atoms with E-state index >= 15 is 0 Å². The summed E-state index contributed by atoms with van der Waals surface area (Å²) < 4.78 is 5.79. The van der Waals surface area contributed by atoms with Crippen LogP contribution in [-0.4, -0.2) is 29.9 Å². The number of rotatable bonds is 6. The van der Waals surface area contributed by atoms with Gasteiger partial charge in [0, 0.05) is 29.1 Å². The van der Waals surface area contributed by atoms with Crippen molar-refractivity contribution in [3.05, 3.63) is 45.0 Å². The third-order valence-electron chi connectivity index (χ3n) is 4.80. The van der Waals surface area contributed by atoms with Gasteiger partial charge in [-0.3, -0.25) is 9.59 Å². The van der Waals surface area contributed by atoms with Crippen molar-refractivity contribution in [2.24, 2.45) is 5.92 Å². The van der Waals surface area contributed by atoms with Crippen LogP contribution in [0.3, 0.4) is 0 Å². The highest BCUT2D eigenvalue weighted by molar-refractivity contribution is 9.10. The lowest BCUT2D eigenvalue weighted by atomic mass is 9.68. The number of carbonyl (C=O) groups is 2. The van der Waals surface area contributed by atoms with Crippen LogP contribution in [0.5, 0.6) is 0 Å². The summed E-state index contributed by atoms with van der Waals surface area (Å²) >= 11 is 9.71. The van der Waals surface area contributed by atoms with Crippen molar-refractivity contribution in [2.75, 3.05) is 13.2 Å². The number of allylic oxidation sites excluding steroid dienone is 1. The van der Waals surface area contributed by atoms with Crippen LogP contribution in [0.1, 0.15) is 46.1 Å². The molecular weight excluding hydrogens is 418 g/mol. The number of hydrogen-bond acceptors (Lipinski definition) is 3. The second-order valence-corrected chi connectivity index (χ2v) is 8.28. The van der Waals surface area contributed by atoms with Crippen LogP contribution in [0.2, 0.25) is 5.02 Å². The van der Waals surface area contributed by atoms with Crippen molar-refractivity contribution in [1.82, 2.24) is 4.90 Å². The van der Waals surface area contributed by atoms with Gasteiger partial charge < -0.3 is 9.64 Å². The van der Waals surface area contributed by atoms with Gasteiger partial charge >= 0.3 is 5.97 Å². The summed E-state index contributed by atoms with van der Waals surface area (Å²) in [7, 11) is 0. The van der Waals surface area contributed by atoms with E-state index in [4.69, 9.17) is 16.3 Å². The van der Waals surface area contributed by atoms with E-state index in [2.05, 4.69) is 36.7 Å². The maximum absolute atomic E-state index is 12.8. The fourth-order valence-corrected chi connectivity index (χ4v) is 3.84. The molecule has 1 amide bonds. The highest BCUT2D eigenvalue weighted by atomic mass is 79.9. The van der Waals surface area contributed by atoms with Gasteiger partial charge in [0.2, 0.25) is 5.91 Å². The molecule has 1 heterocycles. The Balaban J connectivity index is 2.34. The lowest BCUT2D eigenvalue weighted by Crippen LogP contribution is -2.42. The van der Waals surface area contributed by atoms with E-state index in [0.29, 0.717) is 24.6 Å². The maximum atomic E-state index is 12.8. The van der Waals surface area contributed by atoms with Crippen LogP contribution < -0.4 is 0 Å². The topological polar surface area (TPSA) is 46.6 Å². The molecule has 4 nitrogen and oxygen atoms in total. The highest BCUT2D eigenvalue weighted by Gasteiger charge is 2.40. The number of esters is 1. The Morgan fingerprint density at radius 3 is 2.69 bits per heavy atom. The van der Waals surface area contributed by atoms with Crippen LogP contribution >= 0.6 is 27.5 Å². The molecule has 1 aliphatic heterocycles. The summed E-state index contributed by atoms with van der Waals surface area (Å²) in [6.07, 6.45) is 2.45. The van der Waals surface area contributed by atoms with Crippen LogP contribution in [0, 0.1) is 5.92 Å². The van der Waals surface area contributed by atoms with Gasteiger partial charge in [-0.1, -0.05) is 38.4 Å². The molecule has 0 N–H and O–H groups in total. The average Bonchev–Trinajstić information content (AvgIpc) is 2.56. The third-order valence-corrected chi connectivity index (χ3v) is 6.03. The van der Waals surface area contributed by atoms with E-state index in [1.54, 1.807) is 11.8 Å². The molecule has 0 saturated carbocycles. The van der Waals surface area contributed by atoms with Crippen molar-refractivity contribution in [3.63, 3.8) is 0 Å². The fraction of sp³-hybridized carbons (Fsp3) is 0.500. The summed E-state index contributed by atoms with van der Waals surface area (Å²) in [5, 5.41) is 0.629. The molecule has 1 aromatic rings. The largest absolute Gasteiger partial charge is 0.466 e. The molecule has 6 heteroatoms. The Hall–Kier alpha value is -1.33. The zero-order chi connectivity index (χ0) is 19.5. The predicted octanol–water partition coefficient (Wildman–Crippen LogP) is 5.09. The lowest BCUT2D eigenvalue weighted by molar-refractivity contribution is -0.143. The first-order valence-electron chi connectivity index (χ1n) is 8.81. The molecule has 0 bridgehead atoms. The first-order valence-corrected chi connectivity index (χ1v) is 9.99. The maximum Gasteiger partial charge on any atom is 0.307 e. The van der Waals surface area contributed by atoms with Crippen molar-refractivity contribution >= 4 is 39.4 Å². The Kier molecular flexibility index (Phi) is 6.92. The first-order chi connectivity index (χ1) is 12.2. The van der Waals surface area contributed by atoms with Gasteiger partial charge in [0.1, 0.15) is 0 Å². The number of halogens is 2. The molecule has 0 aliphatic carbocycles. The smallest absolute Gasteiger partial charge is 0.307 e. The van der Waals surface area contributed by atoms with Gasteiger partial charge in [-0.05, 0) is 52.0 Å². The van der Waals surface area contributed by atoms with E-state index < -0.39 is 5.41 Å². The number of benzene rings is 1. The van der Waals surface area contributed by atoms with Gasteiger partial charge in [-0.15, -0.1) is 0 Å². The standard InChI is InChI=1S/C20H25BrClNO3/c1-5-26-19(25)8-9-23-12-15(13(2)3)20(4,11-18(23)24)14-6-7-16(21)17(22)10-14/h6-7,10,12-13H,5,8-9,11H2,1-4H3. The number of amides is 1. The van der Waals surface area contributed by atoms with Gasteiger partial charge in [0.05, 0.1) is 18.1 Å². The zero-order valence-electron chi connectivity index (χ0n) is 15.6. The number of ether oxygens (including phenoxy) is 1. The first kappa shape index (κ1) is 21.0. The van der Waals surface area contributed by atoms with Gasteiger partial charge in [0.15, 0.2) is 0 Å². The summed E-state index contributed by atoms with van der Waals surface area (Å²) in [5.74, 6) is -0.0336. The van der Waals surface area contributed by atoms with Crippen molar-refractivity contribution in [1.29, 1.82) is 0 Å². The number of hydrogen-bond donors (Lipinski definition) is 0. The normalized spacial score (nSPS) is 20.3. The van der Waals surface area contributed by atoms with Gasteiger partial charge in [-0.25, -0.2) is 0 Å². The van der Waals surface area contributed by atoms with Crippen molar-refractivity contribution in [3.8, 4) is 0 Å². The third kappa shape index (κ3) is 4.49. The summed E-state index contributed by atoms with van der Waals surface area (Å²) in [5.41, 5.74) is 1.75. The van der Waals surface area contributed by atoms with E-state index in [-0.39, 0.29) is 24.2 Å². The molecule has 1 aliphatic rings. The minimum absolute atomic E-state index is 0.000222. The Labute approximate surface area is 168 Å². The molecule has 26 heavy (non-hydrogen) atoms. The Morgan fingerprint density at radius 2 is 2.12 bits per heavy atom. The van der Waals surface area contributed by atoms with Crippen LogP contribution in [0.4, 0.5) is 0 Å². The molecule has 2 rings (SSSR count). The average molecular weight is 443 g/mol. The molecule has 0 fully saturated rings. The second kappa shape index (κ2) is 8.57. The molecule has 0 aromatic heterocycles. The van der Waals surface area contributed by atoms with E-state index in [9.17, 15) is 9.59 Å². The summed E-state index contributed by atoms with van der Waals surface area (Å²) in [6.45, 7) is 8.77. The molecule has 0 spiro atoms. The highest BCUT2D eigenvalue weighted by Crippen LogP contribution is 2.44. The quantitative estimate of drug-likeness (QED) is 0.577. The molecule has 1 aromatic carbocycles. The summed E-state index contributed by atoms with van der Waals surface area (Å²) in [4.78, 5) is 26.0. The van der Waals surface area contributed by atoms with Crippen LogP contribution in [0.15, 0.2) is 34.4 Å². The van der Waals surface area contributed by atoms with E-state index in [0.717, 1.165) is 15.6 Å².